The third kappa shape index (κ3) is 1.14. The van der Waals surface area contributed by atoms with Gasteiger partial charge in [0.05, 0.1) is 0 Å². The number of hydrogen-bond donors (Lipinski definition) is 0. The van der Waals surface area contributed by atoms with Crippen LogP contribution in [0, 0.1) is 0 Å². The van der Waals surface area contributed by atoms with Gasteiger partial charge in [-0.15, -0.1) is 0 Å². The van der Waals surface area contributed by atoms with Crippen molar-refractivity contribution < 1.29 is 4.79 Å². The fourth-order valence-corrected chi connectivity index (χ4v) is 1.04. The van der Waals surface area contributed by atoms with E-state index in [0.29, 0.717) is 0 Å². The minimum Gasteiger partial charge on any atom is -0.298 e. The van der Waals surface area contributed by atoms with Crippen molar-refractivity contribution in [3.63, 3.8) is 0 Å². The highest BCUT2D eigenvalue weighted by Gasteiger charge is 1.81. The average Bonchev–Trinajstić information content (AvgIpc) is 1.90. The monoisotopic (exact) mass is 124 g/mol. The topological polar surface area (TPSA) is 17.1 Å². The average molecular weight is 124 g/mol. The SMILES string of the molecule is O=Cc1ccccp1. The molecule has 0 aliphatic rings. The van der Waals surface area contributed by atoms with E-state index in [2.05, 4.69) is 0 Å². The van der Waals surface area contributed by atoms with Crippen LogP contribution in [0.25, 0.3) is 0 Å². The fourth-order valence-electron chi connectivity index (χ4n) is 0.446. The van der Waals surface area contributed by atoms with Crippen LogP contribution < -0.4 is 0 Å². The van der Waals surface area contributed by atoms with Gasteiger partial charge in [0.2, 0.25) is 0 Å². The molecule has 0 atom stereocenters. The summed E-state index contributed by atoms with van der Waals surface area (Å²) in [6, 6.07) is 5.60. The van der Waals surface area contributed by atoms with E-state index in [1.807, 2.05) is 24.0 Å². The summed E-state index contributed by atoms with van der Waals surface area (Å²) >= 11 is 0. The Hall–Kier alpha value is -0.680. The van der Waals surface area contributed by atoms with E-state index in [4.69, 9.17) is 0 Å². The molecule has 40 valence electrons. The lowest BCUT2D eigenvalue weighted by atomic mass is 10.5. The van der Waals surface area contributed by atoms with Crippen molar-refractivity contribution in [3.8, 4) is 0 Å². The molecule has 0 bridgehead atoms. The molecule has 1 aromatic heterocycles. The van der Waals surface area contributed by atoms with E-state index >= 15 is 0 Å². The zero-order valence-corrected chi connectivity index (χ0v) is 5.14. The number of hydrogen-bond acceptors (Lipinski definition) is 1. The molecule has 0 saturated carbocycles. The summed E-state index contributed by atoms with van der Waals surface area (Å²) in [4.78, 5) is 10.0. The predicted octanol–water partition coefficient (Wildman–Crippen LogP) is 2.08. The highest BCUT2D eigenvalue weighted by Crippen LogP contribution is 2.08. The minimum atomic E-state index is 0.826. The van der Waals surface area contributed by atoms with Gasteiger partial charge in [-0.05, 0) is 11.9 Å². The van der Waals surface area contributed by atoms with Crippen molar-refractivity contribution in [2.45, 2.75) is 0 Å². The molecule has 2 heteroatoms. The van der Waals surface area contributed by atoms with Crippen molar-refractivity contribution in [1.82, 2.24) is 0 Å². The summed E-state index contributed by atoms with van der Waals surface area (Å²) in [7, 11) is 1.01. The first-order chi connectivity index (χ1) is 3.93. The number of carbonyl (C=O) groups excluding carboxylic acids is 1. The molecule has 1 heterocycles. The summed E-state index contributed by atoms with van der Waals surface area (Å²) in [6.07, 6.45) is 0.877. The smallest absolute Gasteiger partial charge is 0.154 e. The van der Waals surface area contributed by atoms with Gasteiger partial charge in [0, 0.05) is 5.30 Å². The van der Waals surface area contributed by atoms with Gasteiger partial charge in [-0.3, -0.25) is 4.79 Å². The first kappa shape index (κ1) is 5.46. The third-order valence-electron chi connectivity index (χ3n) is 0.809. The molecule has 0 N–H and O–H groups in total. The molecule has 0 radical (unpaired) electrons. The standard InChI is InChI=1S/C6H5OP/c7-5-6-3-1-2-4-8-6/h1-5H. The molecule has 1 rings (SSSR count). The zero-order chi connectivity index (χ0) is 5.82. The van der Waals surface area contributed by atoms with Crippen LogP contribution in [-0.4, -0.2) is 6.29 Å². The van der Waals surface area contributed by atoms with Gasteiger partial charge in [0.25, 0.3) is 0 Å². The first-order valence-electron chi connectivity index (χ1n) is 2.29. The van der Waals surface area contributed by atoms with Gasteiger partial charge in [-0.25, -0.2) is 0 Å². The number of aldehydes is 1. The highest BCUT2D eigenvalue weighted by molar-refractivity contribution is 7.31. The first-order valence-corrected chi connectivity index (χ1v) is 3.26. The molecule has 0 saturated heterocycles. The Morgan fingerprint density at radius 2 is 2.38 bits per heavy atom. The number of carbonyl (C=O) groups is 1. The van der Waals surface area contributed by atoms with E-state index in [0.717, 1.165) is 19.8 Å². The van der Waals surface area contributed by atoms with Gasteiger partial charge < -0.3 is 0 Å². The van der Waals surface area contributed by atoms with Crippen molar-refractivity contribution in [1.29, 1.82) is 0 Å². The molecule has 1 nitrogen and oxygen atoms in total. The van der Waals surface area contributed by atoms with E-state index in [1.165, 1.54) is 0 Å². The maximum atomic E-state index is 10.0. The lowest BCUT2D eigenvalue weighted by Gasteiger charge is -1.80. The molecule has 0 aliphatic heterocycles. The molecule has 0 aromatic carbocycles. The molecule has 0 fully saturated rings. The zero-order valence-electron chi connectivity index (χ0n) is 4.24. The van der Waals surface area contributed by atoms with Crippen LogP contribution in [0.5, 0.6) is 0 Å². The second-order valence-electron chi connectivity index (χ2n) is 1.37. The molecule has 0 aliphatic carbocycles. The van der Waals surface area contributed by atoms with Crippen LogP contribution >= 0.6 is 8.19 Å². The molecule has 0 unspecified atom stereocenters. The summed E-state index contributed by atoms with van der Waals surface area (Å²) in [5, 5.41) is 0.826. The lowest BCUT2D eigenvalue weighted by molar-refractivity contribution is 0.112. The molecule has 1 aromatic rings. The molecular weight excluding hydrogens is 119 g/mol. The lowest BCUT2D eigenvalue weighted by Crippen LogP contribution is -1.66. The summed E-state index contributed by atoms with van der Waals surface area (Å²) < 4.78 is 0. The minimum absolute atomic E-state index is 0.826. The van der Waals surface area contributed by atoms with Gasteiger partial charge in [0.15, 0.2) is 6.29 Å². The van der Waals surface area contributed by atoms with Crippen LogP contribution in [0.15, 0.2) is 24.0 Å². The Bertz CT molecular complexity index is 171. The van der Waals surface area contributed by atoms with Crippen molar-refractivity contribution in [2.75, 3.05) is 0 Å². The predicted molar refractivity (Wildman–Crippen MR) is 34.3 cm³/mol. The van der Waals surface area contributed by atoms with Crippen molar-refractivity contribution in [2.24, 2.45) is 0 Å². The quantitative estimate of drug-likeness (QED) is 0.524. The van der Waals surface area contributed by atoms with Crippen molar-refractivity contribution >= 4 is 14.5 Å². The highest BCUT2D eigenvalue weighted by atomic mass is 31.0. The van der Waals surface area contributed by atoms with E-state index in [9.17, 15) is 4.79 Å². The van der Waals surface area contributed by atoms with Crippen LogP contribution in [0.2, 0.25) is 0 Å². The van der Waals surface area contributed by atoms with Gasteiger partial charge >= 0.3 is 0 Å². The largest absolute Gasteiger partial charge is 0.298 e. The van der Waals surface area contributed by atoms with E-state index < -0.39 is 0 Å². The summed E-state index contributed by atoms with van der Waals surface area (Å²) in [5.74, 6) is 1.93. The second-order valence-corrected chi connectivity index (χ2v) is 2.45. The van der Waals surface area contributed by atoms with Crippen LogP contribution in [0.1, 0.15) is 10.1 Å². The second kappa shape index (κ2) is 2.58. The van der Waals surface area contributed by atoms with Crippen LogP contribution in [-0.2, 0) is 0 Å². The van der Waals surface area contributed by atoms with Gasteiger partial charge in [0.1, 0.15) is 0 Å². The third-order valence-corrected chi connectivity index (χ3v) is 1.68. The maximum Gasteiger partial charge on any atom is 0.154 e. The van der Waals surface area contributed by atoms with E-state index in [-0.39, 0.29) is 0 Å². The summed E-state index contributed by atoms with van der Waals surface area (Å²) in [6.45, 7) is 0. The fraction of sp³-hybridized carbons (Fsp3) is 0. The maximum absolute atomic E-state index is 10.0. The Kier molecular flexibility index (Phi) is 1.76. The van der Waals surface area contributed by atoms with Crippen LogP contribution in [0.4, 0.5) is 0 Å². The van der Waals surface area contributed by atoms with Gasteiger partial charge in [-0.2, -0.15) is 0 Å². The Balaban J connectivity index is 2.99. The Morgan fingerprint density at radius 3 is 2.75 bits per heavy atom. The van der Waals surface area contributed by atoms with Crippen LogP contribution in [0.3, 0.4) is 0 Å². The Labute approximate surface area is 49.5 Å². The van der Waals surface area contributed by atoms with E-state index in [1.54, 1.807) is 0 Å². The normalized spacial score (nSPS) is 9.50. The van der Waals surface area contributed by atoms with Crippen molar-refractivity contribution in [3.05, 3.63) is 29.3 Å². The number of rotatable bonds is 1. The molecule has 0 spiro atoms. The Morgan fingerprint density at radius 1 is 1.50 bits per heavy atom. The van der Waals surface area contributed by atoms with Gasteiger partial charge in [-0.1, -0.05) is 20.3 Å². The molecule has 8 heavy (non-hydrogen) atoms. The molecule has 0 amide bonds. The molecular formula is C6H5OP. The summed E-state index contributed by atoms with van der Waals surface area (Å²) in [5.41, 5.74) is 0.